The lowest BCUT2D eigenvalue weighted by atomic mass is 10.2. The highest BCUT2D eigenvalue weighted by atomic mass is 35.5. The first-order valence-electron chi connectivity index (χ1n) is 9.43. The van der Waals surface area contributed by atoms with Crippen LogP contribution in [0.15, 0.2) is 75.1 Å². The van der Waals surface area contributed by atoms with E-state index in [1.54, 1.807) is 60.7 Å². The van der Waals surface area contributed by atoms with E-state index in [4.69, 9.17) is 16.0 Å². The van der Waals surface area contributed by atoms with Gasteiger partial charge in [-0.25, -0.2) is 13.8 Å². The van der Waals surface area contributed by atoms with Crippen molar-refractivity contribution in [1.29, 1.82) is 0 Å². The molecule has 2 aromatic carbocycles. The van der Waals surface area contributed by atoms with Crippen LogP contribution in [0.5, 0.6) is 0 Å². The second-order valence-corrected chi connectivity index (χ2v) is 9.32. The minimum Gasteiger partial charge on any atom is -0.459 e. The zero-order valence-electron chi connectivity index (χ0n) is 17.1. The van der Waals surface area contributed by atoms with Gasteiger partial charge in [-0.1, -0.05) is 41.4 Å². The number of amides is 1. The molecular formula is C22H22ClN3O4S. The number of aryl methyl sites for hydroxylation is 1. The molecule has 7 nitrogen and oxygen atoms in total. The van der Waals surface area contributed by atoms with Crippen LogP contribution in [0.2, 0.25) is 5.02 Å². The number of hydrogen-bond acceptors (Lipinski definition) is 5. The van der Waals surface area contributed by atoms with Gasteiger partial charge in [0.05, 0.1) is 17.7 Å². The molecular weight excluding hydrogens is 438 g/mol. The molecule has 0 aliphatic carbocycles. The molecule has 3 rings (SSSR count). The number of carbonyl (C=O) groups excluding carboxylic acids is 1. The average molecular weight is 460 g/mol. The number of furan rings is 1. The van der Waals surface area contributed by atoms with Crippen molar-refractivity contribution in [1.82, 2.24) is 9.73 Å². The smallest absolute Gasteiger partial charge is 0.243 e. The van der Waals surface area contributed by atoms with Gasteiger partial charge in [0.25, 0.3) is 0 Å². The van der Waals surface area contributed by atoms with Crippen LogP contribution in [0.1, 0.15) is 29.6 Å². The second-order valence-electron chi connectivity index (χ2n) is 6.94. The molecule has 0 saturated carbocycles. The minimum absolute atomic E-state index is 0.0206. The minimum atomic E-state index is -3.79. The van der Waals surface area contributed by atoms with Crippen molar-refractivity contribution in [3.05, 3.63) is 88.3 Å². The summed E-state index contributed by atoms with van der Waals surface area (Å²) in [5.41, 5.74) is 4.05. The van der Waals surface area contributed by atoms with Crippen LogP contribution in [-0.2, 0) is 27.9 Å². The van der Waals surface area contributed by atoms with E-state index < -0.39 is 10.0 Å². The van der Waals surface area contributed by atoms with Gasteiger partial charge in [0.1, 0.15) is 11.5 Å². The summed E-state index contributed by atoms with van der Waals surface area (Å²) < 4.78 is 33.7. The van der Waals surface area contributed by atoms with Crippen molar-refractivity contribution in [3.63, 3.8) is 0 Å². The molecule has 0 unspecified atom stereocenters. The van der Waals surface area contributed by atoms with Crippen LogP contribution in [0.4, 0.5) is 0 Å². The van der Waals surface area contributed by atoms with Gasteiger partial charge in [0.15, 0.2) is 0 Å². The van der Waals surface area contributed by atoms with Gasteiger partial charge in [-0.05, 0) is 48.9 Å². The molecule has 31 heavy (non-hydrogen) atoms. The molecule has 3 aromatic rings. The van der Waals surface area contributed by atoms with E-state index in [0.717, 1.165) is 11.1 Å². The highest BCUT2D eigenvalue weighted by molar-refractivity contribution is 7.89. The van der Waals surface area contributed by atoms with Gasteiger partial charge in [-0.2, -0.15) is 9.41 Å². The number of benzene rings is 2. The maximum atomic E-state index is 13.4. The second kappa shape index (κ2) is 9.91. The largest absolute Gasteiger partial charge is 0.459 e. The van der Waals surface area contributed by atoms with Crippen molar-refractivity contribution < 1.29 is 17.6 Å². The van der Waals surface area contributed by atoms with E-state index >= 15 is 0 Å². The Morgan fingerprint density at radius 1 is 1.06 bits per heavy atom. The predicted molar refractivity (Wildman–Crippen MR) is 119 cm³/mol. The molecule has 0 saturated heterocycles. The van der Waals surface area contributed by atoms with E-state index in [1.165, 1.54) is 17.4 Å². The molecule has 1 amide bonds. The van der Waals surface area contributed by atoms with Crippen molar-refractivity contribution in [2.45, 2.75) is 31.8 Å². The molecule has 1 N–H and O–H groups in total. The average Bonchev–Trinajstić information content (AvgIpc) is 3.16. The monoisotopic (exact) mass is 459 g/mol. The Bertz CT molecular complexity index is 1170. The number of halogens is 1. The number of carbonyl (C=O) groups is 1. The van der Waals surface area contributed by atoms with E-state index in [2.05, 4.69) is 10.5 Å². The van der Waals surface area contributed by atoms with Crippen molar-refractivity contribution in [2.24, 2.45) is 5.10 Å². The molecule has 0 bridgehead atoms. The molecule has 1 aromatic heterocycles. The topological polar surface area (TPSA) is 92.0 Å². The Kier molecular flexibility index (Phi) is 7.27. The summed E-state index contributed by atoms with van der Waals surface area (Å²) in [6.45, 7) is 3.40. The molecule has 0 spiro atoms. The van der Waals surface area contributed by atoms with Gasteiger partial charge >= 0.3 is 0 Å². The van der Waals surface area contributed by atoms with Gasteiger partial charge in [-0.3, -0.25) is 4.79 Å². The van der Waals surface area contributed by atoms with Crippen LogP contribution < -0.4 is 5.43 Å². The molecule has 0 aliphatic rings. The first-order chi connectivity index (χ1) is 14.7. The number of hydrazone groups is 1. The molecule has 0 radical (unpaired) electrons. The van der Waals surface area contributed by atoms with Crippen LogP contribution in [-0.4, -0.2) is 24.8 Å². The Hall–Kier alpha value is -2.94. The Morgan fingerprint density at radius 3 is 2.39 bits per heavy atom. The maximum Gasteiger partial charge on any atom is 0.243 e. The van der Waals surface area contributed by atoms with Gasteiger partial charge < -0.3 is 4.42 Å². The summed E-state index contributed by atoms with van der Waals surface area (Å²) in [7, 11) is -3.79. The quantitative estimate of drug-likeness (QED) is 0.405. The molecule has 162 valence electrons. The zero-order valence-corrected chi connectivity index (χ0v) is 18.7. The van der Waals surface area contributed by atoms with E-state index in [0.29, 0.717) is 16.5 Å². The summed E-state index contributed by atoms with van der Waals surface area (Å²) in [5, 5.41) is 4.33. The third-order valence-corrected chi connectivity index (χ3v) is 6.42. The third-order valence-electron chi connectivity index (χ3n) is 4.36. The normalized spacial score (nSPS) is 11.9. The van der Waals surface area contributed by atoms with Crippen molar-refractivity contribution in [3.8, 4) is 0 Å². The standard InChI is InChI=1S/C22H22ClN3O4S/c1-16-3-11-22(12-4-16)31(28,29)26(14-18-5-7-19(23)8-6-18)15-21-10-9-20(30-21)13-24-25-17(2)27/h3-13H,14-15H2,1-2H3,(H,25,27)/b24-13-. The highest BCUT2D eigenvalue weighted by Crippen LogP contribution is 2.23. The number of nitrogens with zero attached hydrogens (tertiary/aromatic N) is 2. The molecule has 0 aliphatic heterocycles. The lowest BCUT2D eigenvalue weighted by molar-refractivity contribution is -0.118. The Balaban J connectivity index is 1.88. The summed E-state index contributed by atoms with van der Waals surface area (Å²) in [6, 6.07) is 17.0. The fraction of sp³-hybridized carbons (Fsp3) is 0.182. The zero-order chi connectivity index (χ0) is 22.4. The summed E-state index contributed by atoms with van der Waals surface area (Å²) in [6.07, 6.45) is 1.35. The molecule has 0 atom stereocenters. The van der Waals surface area contributed by atoms with Gasteiger partial charge in [0.2, 0.25) is 15.9 Å². The first kappa shape index (κ1) is 22.7. The van der Waals surface area contributed by atoms with Crippen molar-refractivity contribution in [2.75, 3.05) is 0 Å². The number of hydrogen-bond donors (Lipinski definition) is 1. The predicted octanol–water partition coefficient (Wildman–Crippen LogP) is 4.10. The van der Waals surface area contributed by atoms with Crippen LogP contribution >= 0.6 is 11.6 Å². The molecule has 9 heteroatoms. The van der Waals surface area contributed by atoms with Gasteiger partial charge in [0, 0.05) is 18.5 Å². The van der Waals surface area contributed by atoms with Gasteiger partial charge in [-0.15, -0.1) is 0 Å². The fourth-order valence-corrected chi connectivity index (χ4v) is 4.31. The first-order valence-corrected chi connectivity index (χ1v) is 11.3. The lowest BCUT2D eigenvalue weighted by Gasteiger charge is -2.21. The van der Waals surface area contributed by atoms with Crippen LogP contribution in [0.25, 0.3) is 0 Å². The number of nitrogens with one attached hydrogen (secondary N) is 1. The number of rotatable bonds is 8. The summed E-state index contributed by atoms with van der Waals surface area (Å²) in [5.74, 6) is 0.526. The van der Waals surface area contributed by atoms with Crippen LogP contribution in [0, 0.1) is 6.92 Å². The SMILES string of the molecule is CC(=O)N/N=C\c1ccc(CN(Cc2ccc(Cl)cc2)S(=O)(=O)c2ccc(C)cc2)o1. The Morgan fingerprint density at radius 2 is 1.74 bits per heavy atom. The van der Waals surface area contributed by atoms with E-state index in [9.17, 15) is 13.2 Å². The van der Waals surface area contributed by atoms with Crippen LogP contribution in [0.3, 0.4) is 0 Å². The van der Waals surface area contributed by atoms with E-state index in [1.807, 2.05) is 6.92 Å². The third kappa shape index (κ3) is 6.27. The van der Waals surface area contributed by atoms with Crippen molar-refractivity contribution >= 4 is 33.7 Å². The highest BCUT2D eigenvalue weighted by Gasteiger charge is 2.26. The number of sulfonamides is 1. The summed E-state index contributed by atoms with van der Waals surface area (Å²) in [4.78, 5) is 11.1. The molecule has 0 fully saturated rings. The fourth-order valence-electron chi connectivity index (χ4n) is 2.79. The Labute approximate surface area is 186 Å². The summed E-state index contributed by atoms with van der Waals surface area (Å²) >= 11 is 5.96. The maximum absolute atomic E-state index is 13.4. The lowest BCUT2D eigenvalue weighted by Crippen LogP contribution is -2.30. The molecule has 1 heterocycles. The van der Waals surface area contributed by atoms with E-state index in [-0.39, 0.29) is 23.9 Å².